The molecule has 0 amide bonds. The number of hydrogen-bond donors (Lipinski definition) is 0. The van der Waals surface area contributed by atoms with E-state index in [-0.39, 0.29) is 0 Å². The van der Waals surface area contributed by atoms with Crippen LogP contribution < -0.4 is 0 Å². The largest absolute Gasteiger partial charge is 0.298 e. The molecule has 0 unspecified atom stereocenters. The molecule has 0 spiro atoms. The van der Waals surface area contributed by atoms with Gasteiger partial charge in [-0.1, -0.05) is 124 Å². The lowest BCUT2D eigenvalue weighted by molar-refractivity contribution is -0.878. The predicted molar refractivity (Wildman–Crippen MR) is 144 cm³/mol. The van der Waals surface area contributed by atoms with Gasteiger partial charge in [0, 0.05) is 0 Å². The molecule has 0 radical (unpaired) electrons. The van der Waals surface area contributed by atoms with Crippen molar-refractivity contribution in [3.8, 4) is 0 Å². The fourth-order valence-electron chi connectivity index (χ4n) is 4.84. The SMILES string of the molecule is CCC=C[N+](CC)(CCCCCCCCCCCC)CCCCCCCCCCCC. The highest BCUT2D eigenvalue weighted by Gasteiger charge is 2.21. The molecule has 186 valence electrons. The third kappa shape index (κ3) is 20.1. The summed E-state index contributed by atoms with van der Waals surface area (Å²) in [5.41, 5.74) is 0. The summed E-state index contributed by atoms with van der Waals surface area (Å²) in [6, 6.07) is 0. The zero-order valence-corrected chi connectivity index (χ0v) is 22.6. The molecule has 0 heterocycles. The third-order valence-corrected chi connectivity index (χ3v) is 7.20. The van der Waals surface area contributed by atoms with Crippen molar-refractivity contribution in [3.05, 3.63) is 12.3 Å². The van der Waals surface area contributed by atoms with E-state index in [1.165, 1.54) is 159 Å². The van der Waals surface area contributed by atoms with Gasteiger partial charge in [-0.05, 0) is 45.1 Å². The molecule has 0 N–H and O–H groups in total. The average Bonchev–Trinajstić information content (AvgIpc) is 2.79. The zero-order valence-electron chi connectivity index (χ0n) is 22.6. The van der Waals surface area contributed by atoms with E-state index in [0.717, 1.165) is 0 Å². The molecule has 0 aliphatic carbocycles. The van der Waals surface area contributed by atoms with Gasteiger partial charge in [0.15, 0.2) is 0 Å². The van der Waals surface area contributed by atoms with Crippen LogP contribution in [0.3, 0.4) is 0 Å². The first-order valence-electron chi connectivity index (χ1n) is 14.8. The Balaban J connectivity index is 3.93. The van der Waals surface area contributed by atoms with Gasteiger partial charge in [-0.2, -0.15) is 0 Å². The molecule has 0 aliphatic heterocycles. The van der Waals surface area contributed by atoms with Crippen LogP contribution in [0, 0.1) is 0 Å². The normalized spacial score (nSPS) is 12.3. The molecule has 0 atom stereocenters. The molecule has 0 saturated carbocycles. The van der Waals surface area contributed by atoms with Crippen LogP contribution in [0.5, 0.6) is 0 Å². The highest BCUT2D eigenvalue weighted by Crippen LogP contribution is 2.18. The van der Waals surface area contributed by atoms with E-state index in [4.69, 9.17) is 0 Å². The minimum atomic E-state index is 1.18. The summed E-state index contributed by atoms with van der Waals surface area (Å²) in [6.07, 6.45) is 35.0. The van der Waals surface area contributed by atoms with E-state index < -0.39 is 0 Å². The van der Waals surface area contributed by atoms with Gasteiger partial charge in [-0.25, -0.2) is 0 Å². The summed E-state index contributed by atoms with van der Waals surface area (Å²) in [6.45, 7) is 13.3. The molecule has 0 aromatic carbocycles. The number of quaternary nitrogens is 1. The summed E-state index contributed by atoms with van der Waals surface area (Å²) >= 11 is 0. The fraction of sp³-hybridized carbons (Fsp3) is 0.933. The lowest BCUT2D eigenvalue weighted by Gasteiger charge is -2.34. The molecule has 1 nitrogen and oxygen atoms in total. The van der Waals surface area contributed by atoms with Crippen LogP contribution in [0.25, 0.3) is 0 Å². The molecule has 0 rings (SSSR count). The van der Waals surface area contributed by atoms with Crippen molar-refractivity contribution in [2.75, 3.05) is 19.6 Å². The zero-order chi connectivity index (χ0) is 22.9. The van der Waals surface area contributed by atoms with Gasteiger partial charge in [0.25, 0.3) is 0 Å². The fourth-order valence-corrected chi connectivity index (χ4v) is 4.84. The molecule has 0 aromatic rings. The second-order valence-electron chi connectivity index (χ2n) is 10.1. The molecule has 0 saturated heterocycles. The molecule has 0 bridgehead atoms. The topological polar surface area (TPSA) is 0 Å². The molecule has 0 fully saturated rings. The van der Waals surface area contributed by atoms with E-state index in [1.54, 1.807) is 0 Å². The molecular formula is C30H62N+. The van der Waals surface area contributed by atoms with E-state index in [1.807, 2.05) is 0 Å². The van der Waals surface area contributed by atoms with Gasteiger partial charge >= 0.3 is 0 Å². The lowest BCUT2D eigenvalue weighted by Crippen LogP contribution is -2.44. The lowest BCUT2D eigenvalue weighted by atomic mass is 10.1. The second kappa shape index (κ2) is 24.3. The van der Waals surface area contributed by atoms with Crippen molar-refractivity contribution >= 4 is 0 Å². The Morgan fingerprint density at radius 3 is 1.03 bits per heavy atom. The third-order valence-electron chi connectivity index (χ3n) is 7.20. The van der Waals surface area contributed by atoms with Crippen molar-refractivity contribution in [2.24, 2.45) is 0 Å². The predicted octanol–water partition coefficient (Wildman–Crippen LogP) is 10.6. The summed E-state index contributed by atoms with van der Waals surface area (Å²) in [5, 5.41) is 0. The smallest absolute Gasteiger partial charge is 0.0917 e. The highest BCUT2D eigenvalue weighted by atomic mass is 15.3. The Kier molecular flexibility index (Phi) is 24.1. The summed E-state index contributed by atoms with van der Waals surface area (Å²) in [7, 11) is 0. The van der Waals surface area contributed by atoms with Crippen LogP contribution in [0.1, 0.15) is 163 Å². The van der Waals surface area contributed by atoms with Crippen LogP contribution in [0.2, 0.25) is 0 Å². The highest BCUT2D eigenvalue weighted by molar-refractivity contribution is 4.73. The Labute approximate surface area is 199 Å². The molecule has 0 aromatic heterocycles. The summed E-state index contributed by atoms with van der Waals surface area (Å²) in [4.78, 5) is 0. The second-order valence-corrected chi connectivity index (χ2v) is 10.1. The van der Waals surface area contributed by atoms with Gasteiger partial charge in [-0.15, -0.1) is 0 Å². The van der Waals surface area contributed by atoms with E-state index in [0.29, 0.717) is 0 Å². The van der Waals surface area contributed by atoms with Crippen molar-refractivity contribution in [2.45, 2.75) is 163 Å². The van der Waals surface area contributed by atoms with Gasteiger partial charge < -0.3 is 0 Å². The summed E-state index contributed by atoms with van der Waals surface area (Å²) < 4.78 is 1.24. The minimum Gasteiger partial charge on any atom is -0.298 e. The molecule has 1 heteroatoms. The van der Waals surface area contributed by atoms with Crippen LogP contribution >= 0.6 is 0 Å². The number of allylic oxidation sites excluding steroid dienone is 1. The Morgan fingerprint density at radius 2 is 0.742 bits per heavy atom. The quantitative estimate of drug-likeness (QED) is 0.0985. The van der Waals surface area contributed by atoms with Crippen LogP contribution in [0.15, 0.2) is 12.3 Å². The standard InChI is InChI=1S/C30H62N/c1-5-9-12-14-16-18-20-22-24-26-29-31(8-4,28-11-7-3)30-27-25-23-21-19-17-15-13-10-6-2/h11,28H,5-10,12-27,29-30H2,1-4H3/q+1. The van der Waals surface area contributed by atoms with Crippen molar-refractivity contribution in [3.63, 3.8) is 0 Å². The van der Waals surface area contributed by atoms with Crippen LogP contribution in [-0.2, 0) is 0 Å². The van der Waals surface area contributed by atoms with Crippen molar-refractivity contribution in [1.29, 1.82) is 0 Å². The number of nitrogens with zero attached hydrogens (tertiary/aromatic N) is 1. The van der Waals surface area contributed by atoms with Gasteiger partial charge in [0.05, 0.1) is 25.8 Å². The van der Waals surface area contributed by atoms with E-state index in [9.17, 15) is 0 Å². The molecule has 31 heavy (non-hydrogen) atoms. The maximum atomic E-state index is 2.56. The van der Waals surface area contributed by atoms with E-state index in [2.05, 4.69) is 40.0 Å². The maximum absolute atomic E-state index is 2.56. The average molecular weight is 437 g/mol. The first-order chi connectivity index (χ1) is 15.2. The Bertz CT molecular complexity index is 335. The summed E-state index contributed by atoms with van der Waals surface area (Å²) in [5.74, 6) is 0. The first-order valence-corrected chi connectivity index (χ1v) is 14.8. The molecular weight excluding hydrogens is 374 g/mol. The first kappa shape index (κ1) is 30.7. The molecule has 0 aliphatic rings. The Hall–Kier alpha value is -0.300. The minimum absolute atomic E-state index is 1.18. The van der Waals surface area contributed by atoms with Gasteiger partial charge in [0.1, 0.15) is 0 Å². The maximum Gasteiger partial charge on any atom is 0.0917 e. The van der Waals surface area contributed by atoms with Crippen LogP contribution in [0.4, 0.5) is 0 Å². The number of unbranched alkanes of at least 4 members (excludes halogenated alkanes) is 18. The number of rotatable bonds is 25. The van der Waals surface area contributed by atoms with Crippen molar-refractivity contribution < 1.29 is 4.48 Å². The van der Waals surface area contributed by atoms with E-state index >= 15 is 0 Å². The van der Waals surface area contributed by atoms with Gasteiger partial charge in [0.2, 0.25) is 0 Å². The van der Waals surface area contributed by atoms with Crippen molar-refractivity contribution in [1.82, 2.24) is 0 Å². The monoisotopic (exact) mass is 436 g/mol. The number of hydrogen-bond acceptors (Lipinski definition) is 0. The van der Waals surface area contributed by atoms with Crippen LogP contribution in [-0.4, -0.2) is 24.1 Å². The van der Waals surface area contributed by atoms with Gasteiger partial charge in [-0.3, -0.25) is 4.48 Å². The Morgan fingerprint density at radius 1 is 0.419 bits per heavy atom.